The number of halogens is 1. The molecule has 1 fully saturated rings. The average molecular weight is 361 g/mol. The van der Waals surface area contributed by atoms with Crippen LogP contribution in [-0.2, 0) is 0 Å². The zero-order valence-corrected chi connectivity index (χ0v) is 16.3. The largest absolute Gasteiger partial charge is 0.304 e. The molecule has 21 heavy (non-hydrogen) atoms. The average Bonchev–Trinajstić information content (AvgIpc) is 2.76. The van der Waals surface area contributed by atoms with Crippen LogP contribution < -0.4 is 0 Å². The third-order valence-corrected chi connectivity index (χ3v) is 6.49. The highest BCUT2D eigenvalue weighted by Gasteiger charge is 2.31. The quantitative estimate of drug-likeness (QED) is 0.408. The van der Waals surface area contributed by atoms with Crippen LogP contribution in [0.1, 0.15) is 65.7 Å². The third kappa shape index (κ3) is 7.00. The Morgan fingerprint density at radius 3 is 1.81 bits per heavy atom. The summed E-state index contributed by atoms with van der Waals surface area (Å²) < 4.78 is 0. The van der Waals surface area contributed by atoms with Gasteiger partial charge in [0.15, 0.2) is 0 Å². The number of nitrogens with zero attached hydrogens (tertiary/aromatic N) is 2. The van der Waals surface area contributed by atoms with E-state index in [1.807, 2.05) is 0 Å². The number of hydrogen-bond acceptors (Lipinski definition) is 2. The van der Waals surface area contributed by atoms with E-state index < -0.39 is 0 Å². The van der Waals surface area contributed by atoms with Crippen LogP contribution in [0.15, 0.2) is 0 Å². The fraction of sp³-hybridized carbons (Fsp3) is 1.00. The van der Waals surface area contributed by atoms with Crippen molar-refractivity contribution in [2.24, 2.45) is 5.41 Å². The molecule has 1 aliphatic rings. The van der Waals surface area contributed by atoms with Crippen molar-refractivity contribution in [2.45, 2.75) is 65.7 Å². The van der Waals surface area contributed by atoms with E-state index >= 15 is 0 Å². The third-order valence-electron chi connectivity index (χ3n) is 5.30. The Bertz CT molecular complexity index is 246. The van der Waals surface area contributed by atoms with Crippen molar-refractivity contribution < 1.29 is 0 Å². The first-order chi connectivity index (χ1) is 10.2. The normalized spacial score (nSPS) is 19.1. The second kappa shape index (κ2) is 11.0. The summed E-state index contributed by atoms with van der Waals surface area (Å²) in [6.45, 7) is 14.3. The lowest BCUT2D eigenvalue weighted by molar-refractivity contribution is 0.149. The highest BCUT2D eigenvalue weighted by atomic mass is 79.9. The topological polar surface area (TPSA) is 6.48 Å². The van der Waals surface area contributed by atoms with E-state index in [1.54, 1.807) is 0 Å². The Labute approximate surface area is 141 Å². The van der Waals surface area contributed by atoms with Crippen LogP contribution >= 0.6 is 15.9 Å². The van der Waals surface area contributed by atoms with Gasteiger partial charge < -0.3 is 9.80 Å². The highest BCUT2D eigenvalue weighted by Crippen LogP contribution is 2.37. The van der Waals surface area contributed by atoms with Crippen LogP contribution in [0.25, 0.3) is 0 Å². The van der Waals surface area contributed by atoms with Gasteiger partial charge in [0.1, 0.15) is 0 Å². The van der Waals surface area contributed by atoms with Crippen molar-refractivity contribution in [3.8, 4) is 0 Å². The van der Waals surface area contributed by atoms with Crippen LogP contribution in [-0.4, -0.2) is 54.4 Å². The Morgan fingerprint density at radius 1 is 0.810 bits per heavy atom. The van der Waals surface area contributed by atoms with Crippen molar-refractivity contribution in [3.63, 3.8) is 0 Å². The molecule has 0 aromatic carbocycles. The van der Waals surface area contributed by atoms with Gasteiger partial charge in [-0.1, -0.05) is 62.4 Å². The summed E-state index contributed by atoms with van der Waals surface area (Å²) in [4.78, 5) is 5.25. The molecule has 0 atom stereocenters. The second-order valence-electron chi connectivity index (χ2n) is 6.80. The van der Waals surface area contributed by atoms with E-state index in [9.17, 15) is 0 Å². The number of rotatable bonds is 10. The molecule has 0 aromatic heterocycles. The molecule has 3 heteroatoms. The zero-order valence-electron chi connectivity index (χ0n) is 14.7. The molecule has 2 nitrogen and oxygen atoms in total. The molecule has 0 amide bonds. The molecule has 0 saturated heterocycles. The van der Waals surface area contributed by atoms with E-state index in [4.69, 9.17) is 0 Å². The molecule has 0 unspecified atom stereocenters. The molecule has 0 heterocycles. The molecular formula is C18H37BrN2. The monoisotopic (exact) mass is 360 g/mol. The van der Waals surface area contributed by atoms with Gasteiger partial charge in [0.05, 0.1) is 0 Å². The van der Waals surface area contributed by atoms with Crippen molar-refractivity contribution in [3.05, 3.63) is 0 Å². The maximum atomic E-state index is 3.84. The van der Waals surface area contributed by atoms with Crippen LogP contribution in [0.4, 0.5) is 0 Å². The minimum Gasteiger partial charge on any atom is -0.304 e. The first kappa shape index (κ1) is 19.4. The van der Waals surface area contributed by atoms with Gasteiger partial charge in [-0.25, -0.2) is 0 Å². The highest BCUT2D eigenvalue weighted by molar-refractivity contribution is 9.09. The predicted molar refractivity (Wildman–Crippen MR) is 98.4 cm³/mol. The molecule has 0 bridgehead atoms. The Morgan fingerprint density at radius 2 is 1.33 bits per heavy atom. The first-order valence-electron chi connectivity index (χ1n) is 9.20. The van der Waals surface area contributed by atoms with E-state index in [0.717, 1.165) is 0 Å². The van der Waals surface area contributed by atoms with Gasteiger partial charge in [0.2, 0.25) is 0 Å². The maximum absolute atomic E-state index is 3.84. The van der Waals surface area contributed by atoms with Gasteiger partial charge in [-0.3, -0.25) is 0 Å². The summed E-state index contributed by atoms with van der Waals surface area (Å²) in [6.07, 6.45) is 9.92. The van der Waals surface area contributed by atoms with E-state index in [0.29, 0.717) is 5.41 Å². The van der Waals surface area contributed by atoms with Gasteiger partial charge in [-0.05, 0) is 57.4 Å². The van der Waals surface area contributed by atoms with Gasteiger partial charge in [0, 0.05) is 11.9 Å². The SMILES string of the molecule is CCN(CC)CCCN(CC)CC1(CBr)CCCCCC1. The smallest absolute Gasteiger partial charge is 0.0100 e. The fourth-order valence-electron chi connectivity index (χ4n) is 3.69. The Hall–Kier alpha value is 0.400. The molecule has 0 radical (unpaired) electrons. The molecule has 1 aliphatic carbocycles. The molecule has 126 valence electrons. The lowest BCUT2D eigenvalue weighted by Crippen LogP contribution is -2.40. The second-order valence-corrected chi connectivity index (χ2v) is 7.36. The van der Waals surface area contributed by atoms with Crippen molar-refractivity contribution in [1.82, 2.24) is 9.80 Å². The molecule has 0 aliphatic heterocycles. The fourth-order valence-corrected chi connectivity index (χ4v) is 4.43. The summed E-state index contributed by atoms with van der Waals surface area (Å²) in [7, 11) is 0. The summed E-state index contributed by atoms with van der Waals surface area (Å²) in [5, 5.41) is 1.19. The minimum atomic E-state index is 0.543. The van der Waals surface area contributed by atoms with Crippen LogP contribution in [0.5, 0.6) is 0 Å². The van der Waals surface area contributed by atoms with E-state index in [-0.39, 0.29) is 0 Å². The van der Waals surface area contributed by atoms with E-state index in [2.05, 4.69) is 46.5 Å². The predicted octanol–water partition coefficient (Wildman–Crippen LogP) is 4.78. The molecule has 1 saturated carbocycles. The van der Waals surface area contributed by atoms with Crippen LogP contribution in [0, 0.1) is 5.41 Å². The summed E-state index contributed by atoms with van der Waals surface area (Å²) in [5.41, 5.74) is 0.543. The molecular weight excluding hydrogens is 324 g/mol. The maximum Gasteiger partial charge on any atom is 0.0100 e. The molecule has 1 rings (SSSR count). The summed E-state index contributed by atoms with van der Waals surface area (Å²) >= 11 is 3.84. The van der Waals surface area contributed by atoms with Crippen molar-refractivity contribution in [2.75, 3.05) is 44.6 Å². The Kier molecular flexibility index (Phi) is 10.2. The van der Waals surface area contributed by atoms with Gasteiger partial charge in [0.25, 0.3) is 0 Å². The van der Waals surface area contributed by atoms with Crippen molar-refractivity contribution >= 4 is 15.9 Å². The molecule has 0 spiro atoms. The van der Waals surface area contributed by atoms with Gasteiger partial charge >= 0.3 is 0 Å². The zero-order chi connectivity index (χ0) is 15.6. The standard InChI is InChI=1S/C18H37BrN2/c1-4-20(5-2)14-11-15-21(6-3)17-18(16-19)12-9-7-8-10-13-18/h4-17H2,1-3H3. The van der Waals surface area contributed by atoms with Gasteiger partial charge in [-0.15, -0.1) is 0 Å². The van der Waals surface area contributed by atoms with E-state index in [1.165, 1.54) is 89.5 Å². The lowest BCUT2D eigenvalue weighted by Gasteiger charge is -2.36. The van der Waals surface area contributed by atoms with Crippen LogP contribution in [0.2, 0.25) is 0 Å². The first-order valence-corrected chi connectivity index (χ1v) is 10.3. The lowest BCUT2D eigenvalue weighted by atomic mass is 9.82. The molecule has 0 N–H and O–H groups in total. The molecule has 0 aromatic rings. The van der Waals surface area contributed by atoms with Crippen molar-refractivity contribution in [1.29, 1.82) is 0 Å². The summed E-state index contributed by atoms with van der Waals surface area (Å²) in [5.74, 6) is 0. The van der Waals surface area contributed by atoms with Crippen LogP contribution in [0.3, 0.4) is 0 Å². The number of hydrogen-bond donors (Lipinski definition) is 0. The Balaban J connectivity index is 2.43. The number of alkyl halides is 1. The summed E-state index contributed by atoms with van der Waals surface area (Å²) in [6, 6.07) is 0. The van der Waals surface area contributed by atoms with Gasteiger partial charge in [-0.2, -0.15) is 0 Å². The minimum absolute atomic E-state index is 0.543.